The molecule has 5 nitrogen and oxygen atoms in total. The average Bonchev–Trinajstić information content (AvgIpc) is 3.97. The molecule has 8 aromatic carbocycles. The molecule has 11 aromatic rings. The Labute approximate surface area is 331 Å². The number of nitrogens with zero attached hydrogens (tertiary/aromatic N) is 3. The summed E-state index contributed by atoms with van der Waals surface area (Å²) in [6, 6.07) is 64.2. The van der Waals surface area contributed by atoms with Crippen LogP contribution in [0.15, 0.2) is 196 Å². The third-order valence-electron chi connectivity index (χ3n) is 11.3. The number of fused-ring (bicyclic) bond motifs is 9. The fourth-order valence-corrected chi connectivity index (χ4v) is 9.99. The van der Waals surface area contributed by atoms with Crippen LogP contribution in [0.2, 0.25) is 0 Å². The van der Waals surface area contributed by atoms with E-state index in [2.05, 4.69) is 168 Å². The van der Waals surface area contributed by atoms with E-state index in [9.17, 15) is 0 Å². The molecule has 0 aliphatic carbocycles. The number of thiophene rings is 1. The van der Waals surface area contributed by atoms with Gasteiger partial charge in [0.2, 0.25) is 0 Å². The predicted molar refractivity (Wildman–Crippen MR) is 238 cm³/mol. The normalized spacial score (nSPS) is 14.5. The second kappa shape index (κ2) is 12.6. The molecule has 0 bridgehead atoms. The van der Waals surface area contributed by atoms with E-state index in [1.165, 1.54) is 53.2 Å². The van der Waals surface area contributed by atoms with E-state index in [0.717, 1.165) is 50.0 Å². The molecule has 0 amide bonds. The number of aromatic nitrogens is 1. The Balaban J connectivity index is 1.12. The van der Waals surface area contributed by atoms with E-state index in [4.69, 9.17) is 14.4 Å². The minimum atomic E-state index is -0.313. The minimum absolute atomic E-state index is 0.313. The van der Waals surface area contributed by atoms with Gasteiger partial charge in [-0.3, -0.25) is 0 Å². The average molecular weight is 749 g/mol. The van der Waals surface area contributed by atoms with Gasteiger partial charge in [-0.25, -0.2) is 9.98 Å². The molecule has 57 heavy (non-hydrogen) atoms. The number of para-hydroxylation sites is 2. The molecule has 0 fully saturated rings. The standard InChI is InChI=1S/C51H32N4OS/c1-3-15-31(16-4-1)49-52-50(32-17-5-2-6-18-32)54-51(53-49)37-23-12-28-42-46(37)45-35(21-11-27-41(45)56-42)36-22-13-29-43-47(36)48-40(26-14-30-44(48)57-43)55-38-24-9-7-19-33(38)34-20-8-10-25-39(34)55/h1-30,49H,(H,52,53,54). The van der Waals surface area contributed by atoms with Crippen LogP contribution in [0.1, 0.15) is 22.9 Å². The molecule has 1 N–H and O–H groups in total. The fourth-order valence-electron chi connectivity index (χ4n) is 8.84. The van der Waals surface area contributed by atoms with E-state index in [0.29, 0.717) is 5.84 Å². The zero-order valence-corrected chi connectivity index (χ0v) is 31.4. The van der Waals surface area contributed by atoms with Crippen LogP contribution in [0.25, 0.3) is 80.7 Å². The molecule has 1 aliphatic rings. The first-order valence-electron chi connectivity index (χ1n) is 19.2. The van der Waals surface area contributed by atoms with Gasteiger partial charge in [-0.1, -0.05) is 140 Å². The second-order valence-corrected chi connectivity index (χ2v) is 15.6. The zero-order valence-electron chi connectivity index (χ0n) is 30.6. The first kappa shape index (κ1) is 32.0. The number of amidine groups is 2. The van der Waals surface area contributed by atoms with Gasteiger partial charge in [-0.05, 0) is 59.2 Å². The van der Waals surface area contributed by atoms with Crippen molar-refractivity contribution in [2.45, 2.75) is 6.17 Å². The van der Waals surface area contributed by atoms with Gasteiger partial charge >= 0.3 is 0 Å². The van der Waals surface area contributed by atoms with Gasteiger partial charge in [0.25, 0.3) is 0 Å². The van der Waals surface area contributed by atoms with Gasteiger partial charge < -0.3 is 14.3 Å². The molecule has 268 valence electrons. The lowest BCUT2D eigenvalue weighted by Crippen LogP contribution is -2.33. The van der Waals surface area contributed by atoms with Crippen molar-refractivity contribution in [1.82, 2.24) is 9.88 Å². The topological polar surface area (TPSA) is 54.8 Å². The van der Waals surface area contributed by atoms with Crippen molar-refractivity contribution in [3.05, 3.63) is 199 Å². The first-order valence-corrected chi connectivity index (χ1v) is 20.0. The molecular weight excluding hydrogens is 717 g/mol. The van der Waals surface area contributed by atoms with Crippen LogP contribution >= 0.6 is 11.3 Å². The van der Waals surface area contributed by atoms with Crippen LogP contribution in [0, 0.1) is 0 Å². The van der Waals surface area contributed by atoms with Crippen LogP contribution in [-0.2, 0) is 0 Å². The van der Waals surface area contributed by atoms with Gasteiger partial charge in [0.15, 0.2) is 5.84 Å². The lowest BCUT2D eigenvalue weighted by molar-refractivity contribution is 0.668. The fraction of sp³-hybridized carbons (Fsp3) is 0.0196. The Kier molecular flexibility index (Phi) is 7.09. The molecule has 0 radical (unpaired) electrons. The Morgan fingerprint density at radius 2 is 1.05 bits per heavy atom. The number of hydrogen-bond acceptors (Lipinski definition) is 5. The van der Waals surface area contributed by atoms with Crippen LogP contribution < -0.4 is 5.32 Å². The minimum Gasteiger partial charge on any atom is -0.456 e. The first-order chi connectivity index (χ1) is 28.3. The lowest BCUT2D eigenvalue weighted by Gasteiger charge is -2.24. The maximum Gasteiger partial charge on any atom is 0.159 e. The highest BCUT2D eigenvalue weighted by molar-refractivity contribution is 7.26. The SMILES string of the molecule is c1ccc(C2=NC(c3ccccc3)NC(c3cccc4oc5cccc(-c6cccc7sc8cccc(-n9c%10ccccc%10c%10ccccc%109)c8c67)c5c34)=N2)cc1. The largest absolute Gasteiger partial charge is 0.456 e. The number of rotatable bonds is 5. The maximum atomic E-state index is 6.71. The molecule has 0 saturated heterocycles. The summed E-state index contributed by atoms with van der Waals surface area (Å²) in [6.45, 7) is 0. The molecule has 6 heteroatoms. The molecule has 0 saturated carbocycles. The Bertz CT molecular complexity index is 3390. The van der Waals surface area contributed by atoms with E-state index < -0.39 is 0 Å². The van der Waals surface area contributed by atoms with Crippen molar-refractivity contribution in [3.63, 3.8) is 0 Å². The zero-order chi connectivity index (χ0) is 37.5. The summed E-state index contributed by atoms with van der Waals surface area (Å²) >= 11 is 1.85. The summed E-state index contributed by atoms with van der Waals surface area (Å²) in [6.07, 6.45) is -0.313. The lowest BCUT2D eigenvalue weighted by atomic mass is 9.93. The van der Waals surface area contributed by atoms with Crippen molar-refractivity contribution in [2.75, 3.05) is 0 Å². The van der Waals surface area contributed by atoms with E-state index in [-0.39, 0.29) is 6.17 Å². The molecule has 0 spiro atoms. The maximum absolute atomic E-state index is 6.71. The van der Waals surface area contributed by atoms with Gasteiger partial charge in [0, 0.05) is 52.8 Å². The highest BCUT2D eigenvalue weighted by Crippen LogP contribution is 2.47. The van der Waals surface area contributed by atoms with E-state index in [1.54, 1.807) is 0 Å². The third kappa shape index (κ3) is 4.94. The molecule has 4 heterocycles. The second-order valence-electron chi connectivity index (χ2n) is 14.5. The molecule has 1 unspecified atom stereocenters. The summed E-state index contributed by atoms with van der Waals surface area (Å²) in [5.74, 6) is 1.45. The summed E-state index contributed by atoms with van der Waals surface area (Å²) in [4.78, 5) is 10.3. The van der Waals surface area contributed by atoms with E-state index >= 15 is 0 Å². The van der Waals surface area contributed by atoms with Crippen molar-refractivity contribution in [1.29, 1.82) is 0 Å². The number of furan rings is 1. The smallest absolute Gasteiger partial charge is 0.159 e. The predicted octanol–water partition coefficient (Wildman–Crippen LogP) is 13.2. The van der Waals surface area contributed by atoms with Crippen LogP contribution in [0.5, 0.6) is 0 Å². The highest BCUT2D eigenvalue weighted by atomic mass is 32.1. The quantitative estimate of drug-likeness (QED) is 0.191. The Morgan fingerprint density at radius 3 is 1.77 bits per heavy atom. The number of aliphatic imine (C=N–C) groups is 2. The molecule has 3 aromatic heterocycles. The molecule has 1 atom stereocenters. The highest BCUT2D eigenvalue weighted by Gasteiger charge is 2.26. The Hall–Kier alpha value is -7.28. The Morgan fingerprint density at radius 1 is 0.491 bits per heavy atom. The number of nitrogens with one attached hydrogen (secondary N) is 1. The van der Waals surface area contributed by atoms with Crippen LogP contribution in [-0.4, -0.2) is 16.2 Å². The molecule has 1 aliphatic heterocycles. The number of benzene rings is 8. The monoisotopic (exact) mass is 748 g/mol. The van der Waals surface area contributed by atoms with Gasteiger partial charge in [-0.2, -0.15) is 0 Å². The third-order valence-corrected chi connectivity index (χ3v) is 12.4. The summed E-state index contributed by atoms with van der Waals surface area (Å²) < 4.78 is 11.7. The summed E-state index contributed by atoms with van der Waals surface area (Å²) in [7, 11) is 0. The van der Waals surface area contributed by atoms with Crippen molar-refractivity contribution >= 4 is 86.9 Å². The van der Waals surface area contributed by atoms with Crippen molar-refractivity contribution < 1.29 is 4.42 Å². The van der Waals surface area contributed by atoms with Crippen molar-refractivity contribution in [3.8, 4) is 16.8 Å². The summed E-state index contributed by atoms with van der Waals surface area (Å²) in [5.41, 5.74) is 10.5. The number of hydrogen-bond donors (Lipinski definition) is 1. The molecule has 12 rings (SSSR count). The van der Waals surface area contributed by atoms with Crippen molar-refractivity contribution in [2.24, 2.45) is 9.98 Å². The van der Waals surface area contributed by atoms with Gasteiger partial charge in [0.1, 0.15) is 23.2 Å². The summed E-state index contributed by atoms with van der Waals surface area (Å²) in [5, 5.41) is 10.8. The van der Waals surface area contributed by atoms with Gasteiger partial charge in [-0.15, -0.1) is 11.3 Å². The van der Waals surface area contributed by atoms with Gasteiger partial charge in [0.05, 0.1) is 16.7 Å². The van der Waals surface area contributed by atoms with E-state index in [1.807, 2.05) is 35.6 Å². The van der Waals surface area contributed by atoms with Crippen LogP contribution in [0.3, 0.4) is 0 Å². The van der Waals surface area contributed by atoms with Crippen LogP contribution in [0.4, 0.5) is 0 Å². The molecular formula is C51H32N4OS.